The molecule has 0 radical (unpaired) electrons. The molecule has 3 rings (SSSR count). The Morgan fingerprint density at radius 1 is 1.16 bits per heavy atom. The number of esters is 1. The minimum atomic E-state index is -0.464. The zero-order chi connectivity index (χ0) is 17.6. The molecular weight excluding hydrogens is 338 g/mol. The Balaban J connectivity index is 1.91. The van der Waals surface area contributed by atoms with Crippen molar-refractivity contribution in [3.63, 3.8) is 0 Å². The molecule has 0 spiro atoms. The molecule has 0 aliphatic carbocycles. The highest BCUT2D eigenvalue weighted by molar-refractivity contribution is 6.31. The van der Waals surface area contributed by atoms with E-state index in [1.54, 1.807) is 17.0 Å². The minimum absolute atomic E-state index is 0.346. The molecule has 25 heavy (non-hydrogen) atoms. The molecule has 2 aromatic carbocycles. The van der Waals surface area contributed by atoms with Crippen LogP contribution in [0.3, 0.4) is 0 Å². The Hall–Kier alpha value is -2.92. The van der Waals surface area contributed by atoms with Crippen LogP contribution in [0.4, 0.5) is 0 Å². The molecule has 0 fully saturated rings. The van der Waals surface area contributed by atoms with E-state index in [0.29, 0.717) is 22.8 Å². The topological polar surface area (TPSA) is 57.0 Å². The average Bonchev–Trinajstić information content (AvgIpc) is 3.10. The van der Waals surface area contributed by atoms with Gasteiger partial charge in [0.15, 0.2) is 0 Å². The van der Waals surface area contributed by atoms with E-state index in [9.17, 15) is 4.79 Å². The first-order valence-electron chi connectivity index (χ1n) is 7.66. The van der Waals surface area contributed by atoms with Crippen molar-refractivity contribution in [2.75, 3.05) is 7.11 Å². The highest BCUT2D eigenvalue weighted by Crippen LogP contribution is 2.19. The van der Waals surface area contributed by atoms with E-state index < -0.39 is 5.97 Å². The summed E-state index contributed by atoms with van der Waals surface area (Å²) < 4.78 is 6.52. The van der Waals surface area contributed by atoms with Crippen molar-refractivity contribution in [3.05, 3.63) is 82.6 Å². The van der Waals surface area contributed by atoms with Gasteiger partial charge in [-0.25, -0.2) is 9.48 Å². The van der Waals surface area contributed by atoms with Crippen LogP contribution in [-0.4, -0.2) is 28.1 Å². The summed E-state index contributed by atoms with van der Waals surface area (Å²) in [6.07, 6.45) is 3.44. The Labute approximate surface area is 150 Å². The number of carbonyl (C=O) groups excluding carboxylic acids is 1. The van der Waals surface area contributed by atoms with Crippen LogP contribution in [0, 0.1) is 0 Å². The molecule has 1 aromatic heterocycles. The Morgan fingerprint density at radius 3 is 2.60 bits per heavy atom. The van der Waals surface area contributed by atoms with Crippen LogP contribution in [0.25, 0.3) is 11.6 Å². The van der Waals surface area contributed by atoms with Crippen molar-refractivity contribution in [3.8, 4) is 0 Å². The van der Waals surface area contributed by atoms with Gasteiger partial charge in [0.25, 0.3) is 0 Å². The maximum Gasteiger partial charge on any atom is 0.340 e. The number of carbonyl (C=O) groups is 1. The predicted octanol–water partition coefficient (Wildman–Crippen LogP) is 3.69. The zero-order valence-corrected chi connectivity index (χ0v) is 14.3. The first-order valence-corrected chi connectivity index (χ1v) is 8.04. The number of nitrogens with zero attached hydrogens (tertiary/aromatic N) is 3. The Bertz CT molecular complexity index is 904. The summed E-state index contributed by atoms with van der Waals surface area (Å²) in [6, 6.07) is 17.0. The lowest BCUT2D eigenvalue weighted by Crippen LogP contribution is -2.04. The molecular formula is C19H16ClN3O2. The second-order valence-electron chi connectivity index (χ2n) is 5.35. The third-order valence-corrected chi connectivity index (χ3v) is 3.99. The van der Waals surface area contributed by atoms with Crippen LogP contribution in [0.1, 0.15) is 16.8 Å². The summed E-state index contributed by atoms with van der Waals surface area (Å²) in [7, 11) is 1.34. The zero-order valence-electron chi connectivity index (χ0n) is 13.6. The highest BCUT2D eigenvalue weighted by Gasteiger charge is 2.16. The van der Waals surface area contributed by atoms with Gasteiger partial charge in [0.1, 0.15) is 5.69 Å². The summed E-state index contributed by atoms with van der Waals surface area (Å²) in [5.41, 5.74) is 2.60. The van der Waals surface area contributed by atoms with Crippen molar-refractivity contribution >= 4 is 29.2 Å². The van der Waals surface area contributed by atoms with Gasteiger partial charge >= 0.3 is 5.97 Å². The molecule has 1 heterocycles. The van der Waals surface area contributed by atoms with Gasteiger partial charge in [0.2, 0.25) is 0 Å². The predicted molar refractivity (Wildman–Crippen MR) is 96.9 cm³/mol. The number of hydrogen-bond acceptors (Lipinski definition) is 4. The van der Waals surface area contributed by atoms with Crippen LogP contribution in [0.2, 0.25) is 5.02 Å². The molecule has 0 amide bonds. The van der Waals surface area contributed by atoms with E-state index in [1.165, 1.54) is 7.11 Å². The lowest BCUT2D eigenvalue weighted by atomic mass is 10.1. The molecule has 0 saturated heterocycles. The molecule has 5 nitrogen and oxygen atoms in total. The fourth-order valence-corrected chi connectivity index (χ4v) is 2.56. The molecule has 0 bridgehead atoms. The second kappa shape index (κ2) is 7.77. The Morgan fingerprint density at radius 2 is 1.88 bits per heavy atom. The van der Waals surface area contributed by atoms with Crippen molar-refractivity contribution in [2.24, 2.45) is 0 Å². The first kappa shape index (κ1) is 16.9. The third-order valence-electron chi connectivity index (χ3n) is 3.62. The fraction of sp³-hybridized carbons (Fsp3) is 0.105. The standard InChI is InChI=1S/C19H16ClN3O2/c1-25-19(24)16(11-14-7-3-2-4-8-14)18-13-23(22-21-18)12-15-9-5-6-10-17(15)20/h2-11,13H,12H2,1H3. The second-order valence-corrected chi connectivity index (χ2v) is 5.76. The smallest absolute Gasteiger partial charge is 0.340 e. The molecule has 0 unspecified atom stereocenters. The van der Waals surface area contributed by atoms with Gasteiger partial charge in [-0.1, -0.05) is 65.3 Å². The summed E-state index contributed by atoms with van der Waals surface area (Å²) in [5.74, 6) is -0.464. The third kappa shape index (κ3) is 4.14. The van der Waals surface area contributed by atoms with Gasteiger partial charge in [0, 0.05) is 5.02 Å². The number of methoxy groups -OCH3 is 1. The van der Waals surface area contributed by atoms with Crippen LogP contribution in [0.15, 0.2) is 60.8 Å². The summed E-state index contributed by atoms with van der Waals surface area (Å²) in [4.78, 5) is 12.1. The highest BCUT2D eigenvalue weighted by atomic mass is 35.5. The number of rotatable bonds is 5. The fourth-order valence-electron chi connectivity index (χ4n) is 2.36. The molecule has 6 heteroatoms. The molecule has 0 atom stereocenters. The van der Waals surface area contributed by atoms with Gasteiger partial charge < -0.3 is 4.74 Å². The largest absolute Gasteiger partial charge is 0.465 e. The van der Waals surface area contributed by atoms with E-state index in [0.717, 1.165) is 11.1 Å². The quantitative estimate of drug-likeness (QED) is 0.518. The lowest BCUT2D eigenvalue weighted by molar-refractivity contribution is -0.133. The maximum absolute atomic E-state index is 12.1. The average molecular weight is 354 g/mol. The van der Waals surface area contributed by atoms with Gasteiger partial charge in [0.05, 0.1) is 25.4 Å². The normalized spacial score (nSPS) is 11.4. The van der Waals surface area contributed by atoms with Crippen molar-refractivity contribution in [1.29, 1.82) is 0 Å². The SMILES string of the molecule is COC(=O)C(=Cc1ccccc1)c1cn(Cc2ccccc2Cl)nn1. The van der Waals surface area contributed by atoms with Crippen LogP contribution in [0.5, 0.6) is 0 Å². The van der Waals surface area contributed by atoms with Crippen LogP contribution < -0.4 is 0 Å². The summed E-state index contributed by atoms with van der Waals surface area (Å²) in [6.45, 7) is 0.465. The summed E-state index contributed by atoms with van der Waals surface area (Å²) in [5, 5.41) is 8.86. The number of halogens is 1. The van der Waals surface area contributed by atoms with Crippen LogP contribution >= 0.6 is 11.6 Å². The number of hydrogen-bond donors (Lipinski definition) is 0. The first-order chi connectivity index (χ1) is 12.2. The number of ether oxygens (including phenoxy) is 1. The molecule has 3 aromatic rings. The minimum Gasteiger partial charge on any atom is -0.465 e. The van der Waals surface area contributed by atoms with E-state index in [1.807, 2.05) is 54.6 Å². The van der Waals surface area contributed by atoms with E-state index in [-0.39, 0.29) is 0 Å². The van der Waals surface area contributed by atoms with Crippen molar-refractivity contribution < 1.29 is 9.53 Å². The van der Waals surface area contributed by atoms with E-state index in [2.05, 4.69) is 10.3 Å². The number of benzene rings is 2. The Kier molecular flexibility index (Phi) is 5.26. The molecule has 0 aliphatic heterocycles. The van der Waals surface area contributed by atoms with Crippen molar-refractivity contribution in [1.82, 2.24) is 15.0 Å². The summed E-state index contributed by atoms with van der Waals surface area (Å²) >= 11 is 6.18. The van der Waals surface area contributed by atoms with E-state index >= 15 is 0 Å². The van der Waals surface area contributed by atoms with Gasteiger partial charge in [-0.05, 0) is 23.3 Å². The van der Waals surface area contributed by atoms with Crippen molar-refractivity contribution in [2.45, 2.75) is 6.54 Å². The molecule has 126 valence electrons. The number of aromatic nitrogens is 3. The molecule has 0 N–H and O–H groups in total. The van der Waals surface area contributed by atoms with Gasteiger partial charge in [-0.2, -0.15) is 0 Å². The van der Waals surface area contributed by atoms with E-state index in [4.69, 9.17) is 16.3 Å². The maximum atomic E-state index is 12.1. The van der Waals surface area contributed by atoms with Crippen LogP contribution in [-0.2, 0) is 16.1 Å². The van der Waals surface area contributed by atoms with Gasteiger partial charge in [-0.3, -0.25) is 0 Å². The molecule has 0 saturated carbocycles. The lowest BCUT2D eigenvalue weighted by Gasteiger charge is -2.03. The monoisotopic (exact) mass is 353 g/mol. The molecule has 0 aliphatic rings. The van der Waals surface area contributed by atoms with Gasteiger partial charge in [-0.15, -0.1) is 5.10 Å².